The quantitative estimate of drug-likeness (QED) is 0.735. The Hall–Kier alpha value is -2.18. The summed E-state index contributed by atoms with van der Waals surface area (Å²) in [4.78, 5) is 28.4. The summed E-state index contributed by atoms with van der Waals surface area (Å²) in [5, 5.41) is 13.8. The lowest BCUT2D eigenvalue weighted by atomic mass is 10.1. The minimum Gasteiger partial charge on any atom is -0.548 e. The lowest BCUT2D eigenvalue weighted by molar-refractivity contribution is -0.309. The number of fused-ring (bicyclic) bond motifs is 1. The van der Waals surface area contributed by atoms with E-state index in [4.69, 9.17) is 11.6 Å². The van der Waals surface area contributed by atoms with Crippen LogP contribution in [0.4, 0.5) is 0 Å². The van der Waals surface area contributed by atoms with Gasteiger partial charge < -0.3 is 9.90 Å². The zero-order valence-corrected chi connectivity index (χ0v) is 13.0. The number of nitrogens with zero attached hydrogens (tertiary/aromatic N) is 2. The predicted octanol–water partition coefficient (Wildman–Crippen LogP) is 2.09. The van der Waals surface area contributed by atoms with E-state index in [0.717, 1.165) is 10.1 Å². The van der Waals surface area contributed by atoms with Crippen LogP contribution < -0.4 is 10.7 Å². The lowest BCUT2D eigenvalue weighted by Crippen LogP contribution is -2.36. The number of aromatic nitrogens is 2. The molecule has 0 amide bonds. The summed E-state index contributed by atoms with van der Waals surface area (Å²) in [6.45, 7) is 1.39. The Labute approximate surface area is 134 Å². The summed E-state index contributed by atoms with van der Waals surface area (Å²) in [6.07, 6.45) is 1.24. The third-order valence-electron chi connectivity index (χ3n) is 3.43. The van der Waals surface area contributed by atoms with E-state index in [1.807, 2.05) is 17.5 Å². The topological polar surface area (TPSA) is 75.0 Å². The molecule has 0 aliphatic carbocycles. The number of halogens is 1. The van der Waals surface area contributed by atoms with E-state index in [9.17, 15) is 14.7 Å². The fourth-order valence-corrected chi connectivity index (χ4v) is 3.21. The molecule has 0 saturated heterocycles. The van der Waals surface area contributed by atoms with Gasteiger partial charge in [-0.2, -0.15) is 0 Å². The van der Waals surface area contributed by atoms with Gasteiger partial charge in [0.05, 0.1) is 23.7 Å². The number of carboxylic acid groups (broad SMARTS) is 1. The van der Waals surface area contributed by atoms with Crippen LogP contribution >= 0.6 is 22.9 Å². The summed E-state index contributed by atoms with van der Waals surface area (Å²) in [5.74, 6) is -1.33. The van der Waals surface area contributed by atoms with Crippen LogP contribution in [0.2, 0.25) is 5.02 Å². The van der Waals surface area contributed by atoms with Crippen LogP contribution in [0.15, 0.2) is 40.8 Å². The maximum Gasteiger partial charge on any atom is 0.263 e. The van der Waals surface area contributed by atoms with Gasteiger partial charge in [0, 0.05) is 16.0 Å². The highest BCUT2D eigenvalue weighted by atomic mass is 35.5. The van der Waals surface area contributed by atoms with Gasteiger partial charge >= 0.3 is 0 Å². The summed E-state index contributed by atoms with van der Waals surface area (Å²) in [5.41, 5.74) is 1.15. The molecule has 0 saturated carbocycles. The van der Waals surface area contributed by atoms with E-state index in [1.165, 1.54) is 24.6 Å². The number of carbonyl (C=O) groups excluding carboxylic acids is 1. The molecular formula is C15H10ClN2O3S-. The van der Waals surface area contributed by atoms with Gasteiger partial charge in [-0.05, 0) is 24.6 Å². The zero-order valence-electron chi connectivity index (χ0n) is 11.4. The van der Waals surface area contributed by atoms with Gasteiger partial charge in [-0.1, -0.05) is 23.7 Å². The second kappa shape index (κ2) is 5.55. The molecule has 1 unspecified atom stereocenters. The maximum atomic E-state index is 12.6. The smallest absolute Gasteiger partial charge is 0.263 e. The predicted molar refractivity (Wildman–Crippen MR) is 84.0 cm³/mol. The first kappa shape index (κ1) is 14.7. The van der Waals surface area contributed by atoms with Crippen molar-refractivity contribution in [3.8, 4) is 11.1 Å². The van der Waals surface area contributed by atoms with Crippen molar-refractivity contribution in [3.05, 3.63) is 51.3 Å². The Morgan fingerprint density at radius 3 is 2.68 bits per heavy atom. The SMILES string of the molecule is CC(C(=O)[O-])n1cnc2scc(-c3ccc(Cl)cc3)c2c1=O. The van der Waals surface area contributed by atoms with Crippen molar-refractivity contribution in [2.45, 2.75) is 13.0 Å². The van der Waals surface area contributed by atoms with Crippen molar-refractivity contribution in [2.75, 3.05) is 0 Å². The number of rotatable bonds is 3. The van der Waals surface area contributed by atoms with E-state index in [2.05, 4.69) is 4.98 Å². The molecule has 0 radical (unpaired) electrons. The minimum atomic E-state index is -1.33. The number of hydrogen-bond acceptors (Lipinski definition) is 5. The molecule has 2 heterocycles. The molecule has 3 aromatic rings. The molecule has 0 N–H and O–H groups in total. The van der Waals surface area contributed by atoms with Crippen molar-refractivity contribution in [1.82, 2.24) is 9.55 Å². The molecule has 0 aliphatic rings. The highest BCUT2D eigenvalue weighted by Gasteiger charge is 2.16. The average Bonchev–Trinajstić information content (AvgIpc) is 2.92. The lowest BCUT2D eigenvalue weighted by Gasteiger charge is -2.15. The largest absolute Gasteiger partial charge is 0.548 e. The Bertz CT molecular complexity index is 915. The van der Waals surface area contributed by atoms with Crippen molar-refractivity contribution < 1.29 is 9.90 Å². The average molecular weight is 334 g/mol. The molecule has 1 aromatic carbocycles. The molecule has 2 aromatic heterocycles. The monoisotopic (exact) mass is 333 g/mol. The molecule has 22 heavy (non-hydrogen) atoms. The Balaban J connectivity index is 2.25. The van der Waals surface area contributed by atoms with Crippen LogP contribution in [0.5, 0.6) is 0 Å². The first-order valence-electron chi connectivity index (χ1n) is 6.44. The van der Waals surface area contributed by atoms with Crippen molar-refractivity contribution in [2.24, 2.45) is 0 Å². The van der Waals surface area contributed by atoms with E-state index in [0.29, 0.717) is 20.8 Å². The summed E-state index contributed by atoms with van der Waals surface area (Å²) >= 11 is 7.21. The van der Waals surface area contributed by atoms with Gasteiger partial charge in [0.2, 0.25) is 0 Å². The highest BCUT2D eigenvalue weighted by Crippen LogP contribution is 2.31. The molecule has 3 rings (SSSR count). The maximum absolute atomic E-state index is 12.6. The molecule has 1 atom stereocenters. The number of aliphatic carboxylic acids is 1. The van der Waals surface area contributed by atoms with E-state index < -0.39 is 17.6 Å². The second-order valence-electron chi connectivity index (χ2n) is 4.79. The van der Waals surface area contributed by atoms with Gasteiger partial charge in [-0.25, -0.2) is 4.98 Å². The second-order valence-corrected chi connectivity index (χ2v) is 6.08. The Morgan fingerprint density at radius 2 is 2.05 bits per heavy atom. The van der Waals surface area contributed by atoms with Crippen LogP contribution in [0.25, 0.3) is 21.3 Å². The zero-order chi connectivity index (χ0) is 15.9. The number of hydrogen-bond donors (Lipinski definition) is 0. The van der Waals surface area contributed by atoms with Crippen LogP contribution in [0, 0.1) is 0 Å². The van der Waals surface area contributed by atoms with Gasteiger partial charge in [-0.3, -0.25) is 9.36 Å². The van der Waals surface area contributed by atoms with Crippen molar-refractivity contribution >= 4 is 39.1 Å². The third-order valence-corrected chi connectivity index (χ3v) is 4.57. The molecular weight excluding hydrogens is 324 g/mol. The number of carboxylic acids is 1. The van der Waals surface area contributed by atoms with Gasteiger partial charge in [0.15, 0.2) is 0 Å². The minimum absolute atomic E-state index is 0.395. The third kappa shape index (κ3) is 2.40. The molecule has 112 valence electrons. The fraction of sp³-hybridized carbons (Fsp3) is 0.133. The summed E-state index contributed by atoms with van der Waals surface area (Å²) < 4.78 is 1.07. The van der Waals surface area contributed by atoms with Crippen molar-refractivity contribution in [3.63, 3.8) is 0 Å². The Morgan fingerprint density at radius 1 is 1.36 bits per heavy atom. The first-order valence-corrected chi connectivity index (χ1v) is 7.70. The van der Waals surface area contributed by atoms with Gasteiger partial charge in [0.1, 0.15) is 4.83 Å². The molecule has 0 fully saturated rings. The highest BCUT2D eigenvalue weighted by molar-refractivity contribution is 7.17. The molecule has 5 nitrogen and oxygen atoms in total. The number of thiophene rings is 1. The summed E-state index contributed by atoms with van der Waals surface area (Å²) in [7, 11) is 0. The molecule has 7 heteroatoms. The van der Waals surface area contributed by atoms with Crippen LogP contribution in [-0.2, 0) is 4.79 Å². The molecule has 0 aliphatic heterocycles. The van der Waals surface area contributed by atoms with Gasteiger partial charge in [0.25, 0.3) is 5.56 Å². The molecule has 0 bridgehead atoms. The van der Waals surface area contributed by atoms with E-state index in [1.54, 1.807) is 12.1 Å². The summed E-state index contributed by atoms with van der Waals surface area (Å²) in [6, 6.07) is 6.01. The normalized spacial score (nSPS) is 12.5. The van der Waals surface area contributed by atoms with E-state index in [-0.39, 0.29) is 0 Å². The molecule has 0 spiro atoms. The van der Waals surface area contributed by atoms with E-state index >= 15 is 0 Å². The van der Waals surface area contributed by atoms with Crippen LogP contribution in [0.1, 0.15) is 13.0 Å². The van der Waals surface area contributed by atoms with Crippen LogP contribution in [0.3, 0.4) is 0 Å². The number of carbonyl (C=O) groups is 1. The van der Waals surface area contributed by atoms with Crippen LogP contribution in [-0.4, -0.2) is 15.5 Å². The fourth-order valence-electron chi connectivity index (χ4n) is 2.18. The van der Waals surface area contributed by atoms with Crippen molar-refractivity contribution in [1.29, 1.82) is 0 Å². The standard InChI is InChI=1S/C15H11ClN2O3S/c1-8(15(20)21)18-7-17-13-12(14(18)19)11(6-22-13)9-2-4-10(16)5-3-9/h2-8H,1H3,(H,20,21)/p-1. The van der Waals surface area contributed by atoms with Gasteiger partial charge in [-0.15, -0.1) is 11.3 Å². The Kier molecular flexibility index (Phi) is 3.72. The first-order chi connectivity index (χ1) is 10.5. The number of benzene rings is 1.